The Bertz CT molecular complexity index is 992. The SMILES string of the molecule is O=C(COC(=O)Cn1c(=O)oc2ccccc21)Nc1cccc(Cl)c1. The van der Waals surface area contributed by atoms with Gasteiger partial charge in [0, 0.05) is 10.7 Å². The van der Waals surface area contributed by atoms with Crippen molar-refractivity contribution in [2.24, 2.45) is 0 Å². The van der Waals surface area contributed by atoms with Crippen LogP contribution in [0.1, 0.15) is 0 Å². The van der Waals surface area contributed by atoms with Crippen molar-refractivity contribution in [3.05, 3.63) is 64.1 Å². The molecule has 0 aliphatic heterocycles. The van der Waals surface area contributed by atoms with Crippen molar-refractivity contribution in [1.82, 2.24) is 4.57 Å². The van der Waals surface area contributed by atoms with E-state index in [0.29, 0.717) is 21.8 Å². The van der Waals surface area contributed by atoms with Crippen LogP contribution >= 0.6 is 11.6 Å². The predicted molar refractivity (Wildman–Crippen MR) is 91.5 cm³/mol. The van der Waals surface area contributed by atoms with Crippen LogP contribution in [0.3, 0.4) is 0 Å². The lowest BCUT2D eigenvalue weighted by Crippen LogP contribution is -2.25. The highest BCUT2D eigenvalue weighted by molar-refractivity contribution is 6.30. The highest BCUT2D eigenvalue weighted by Crippen LogP contribution is 2.15. The summed E-state index contributed by atoms with van der Waals surface area (Å²) in [6, 6.07) is 13.3. The van der Waals surface area contributed by atoms with Gasteiger partial charge in [-0.1, -0.05) is 29.8 Å². The first-order valence-corrected chi connectivity index (χ1v) is 7.70. The molecule has 0 aliphatic carbocycles. The number of oxazole rings is 1. The summed E-state index contributed by atoms with van der Waals surface area (Å²) < 4.78 is 11.1. The maximum Gasteiger partial charge on any atom is 0.420 e. The zero-order valence-electron chi connectivity index (χ0n) is 12.9. The lowest BCUT2D eigenvalue weighted by atomic mass is 10.3. The molecule has 0 fully saturated rings. The molecule has 2 aromatic carbocycles. The smallest absolute Gasteiger partial charge is 0.420 e. The Balaban J connectivity index is 1.58. The number of esters is 1. The van der Waals surface area contributed by atoms with Gasteiger partial charge in [-0.05, 0) is 30.3 Å². The molecule has 1 amide bonds. The van der Waals surface area contributed by atoms with E-state index in [2.05, 4.69) is 5.32 Å². The molecule has 1 N–H and O–H groups in total. The number of para-hydroxylation sites is 2. The van der Waals surface area contributed by atoms with Crippen molar-refractivity contribution in [2.45, 2.75) is 6.54 Å². The molecule has 7 nitrogen and oxygen atoms in total. The summed E-state index contributed by atoms with van der Waals surface area (Å²) in [5.41, 5.74) is 1.34. The van der Waals surface area contributed by atoms with Crippen LogP contribution in [0.15, 0.2) is 57.7 Å². The fourth-order valence-electron chi connectivity index (χ4n) is 2.25. The van der Waals surface area contributed by atoms with Gasteiger partial charge in [0.05, 0.1) is 5.52 Å². The maximum atomic E-state index is 11.9. The van der Waals surface area contributed by atoms with Crippen LogP contribution in [0.25, 0.3) is 11.1 Å². The Morgan fingerprint density at radius 1 is 1.16 bits per heavy atom. The third-order valence-corrected chi connectivity index (χ3v) is 3.57. The van der Waals surface area contributed by atoms with Gasteiger partial charge < -0.3 is 14.5 Å². The van der Waals surface area contributed by atoms with E-state index in [0.717, 1.165) is 4.57 Å². The van der Waals surface area contributed by atoms with Gasteiger partial charge in [-0.2, -0.15) is 0 Å². The highest BCUT2D eigenvalue weighted by Gasteiger charge is 2.14. The van der Waals surface area contributed by atoms with Crippen molar-refractivity contribution < 1.29 is 18.7 Å². The maximum absolute atomic E-state index is 11.9. The topological polar surface area (TPSA) is 90.5 Å². The van der Waals surface area contributed by atoms with Gasteiger partial charge in [0.2, 0.25) is 0 Å². The zero-order chi connectivity index (χ0) is 17.8. The Morgan fingerprint density at radius 3 is 2.76 bits per heavy atom. The van der Waals surface area contributed by atoms with E-state index < -0.39 is 24.2 Å². The van der Waals surface area contributed by atoms with Crippen molar-refractivity contribution in [3.8, 4) is 0 Å². The van der Waals surface area contributed by atoms with E-state index in [9.17, 15) is 14.4 Å². The molecule has 0 saturated heterocycles. The Kier molecular flexibility index (Phi) is 4.85. The lowest BCUT2D eigenvalue weighted by Gasteiger charge is -2.07. The number of hydrogen-bond acceptors (Lipinski definition) is 5. The number of amides is 1. The number of anilines is 1. The van der Waals surface area contributed by atoms with E-state index in [1.54, 1.807) is 48.5 Å². The number of ether oxygens (including phenoxy) is 1. The van der Waals surface area contributed by atoms with E-state index in [4.69, 9.17) is 20.8 Å². The van der Waals surface area contributed by atoms with E-state index in [1.807, 2.05) is 0 Å². The largest absolute Gasteiger partial charge is 0.454 e. The number of benzene rings is 2. The van der Waals surface area contributed by atoms with Crippen LogP contribution < -0.4 is 11.1 Å². The molecule has 3 rings (SSSR count). The van der Waals surface area contributed by atoms with Gasteiger partial charge in [-0.15, -0.1) is 0 Å². The van der Waals surface area contributed by atoms with E-state index >= 15 is 0 Å². The summed E-state index contributed by atoms with van der Waals surface area (Å²) in [6.07, 6.45) is 0. The van der Waals surface area contributed by atoms with Crippen LogP contribution in [0.4, 0.5) is 5.69 Å². The number of nitrogens with zero attached hydrogens (tertiary/aromatic N) is 1. The van der Waals surface area contributed by atoms with Gasteiger partial charge in [-0.25, -0.2) is 4.79 Å². The van der Waals surface area contributed by atoms with Gasteiger partial charge in [-0.3, -0.25) is 14.2 Å². The fraction of sp³-hybridized carbons (Fsp3) is 0.118. The second kappa shape index (κ2) is 7.23. The molecule has 128 valence electrons. The second-order valence-electron chi connectivity index (χ2n) is 5.14. The van der Waals surface area contributed by atoms with Crippen molar-refractivity contribution in [3.63, 3.8) is 0 Å². The molecule has 0 radical (unpaired) electrons. The Labute approximate surface area is 146 Å². The summed E-state index contributed by atoms with van der Waals surface area (Å²) in [5, 5.41) is 3.02. The zero-order valence-corrected chi connectivity index (χ0v) is 13.7. The standard InChI is InChI=1S/C17H13ClN2O5/c18-11-4-3-5-12(8-11)19-15(21)10-24-16(22)9-20-13-6-1-2-7-14(13)25-17(20)23/h1-8H,9-10H2,(H,19,21). The number of carbonyl (C=O) groups excluding carboxylic acids is 2. The molecular weight excluding hydrogens is 348 g/mol. The summed E-state index contributed by atoms with van der Waals surface area (Å²) in [7, 11) is 0. The third kappa shape index (κ3) is 4.07. The predicted octanol–water partition coefficient (Wildman–Crippen LogP) is 2.43. The number of fused-ring (bicyclic) bond motifs is 1. The number of nitrogens with one attached hydrogen (secondary N) is 1. The minimum absolute atomic E-state index is 0.347. The summed E-state index contributed by atoms with van der Waals surface area (Å²) >= 11 is 5.82. The number of rotatable bonds is 5. The average Bonchev–Trinajstić information content (AvgIpc) is 2.89. The number of aromatic nitrogens is 1. The normalized spacial score (nSPS) is 10.6. The molecule has 1 heterocycles. The third-order valence-electron chi connectivity index (χ3n) is 3.33. The molecular formula is C17H13ClN2O5. The highest BCUT2D eigenvalue weighted by atomic mass is 35.5. The lowest BCUT2D eigenvalue weighted by molar-refractivity contribution is -0.147. The second-order valence-corrected chi connectivity index (χ2v) is 5.58. The van der Waals surface area contributed by atoms with E-state index in [1.165, 1.54) is 0 Å². The van der Waals surface area contributed by atoms with Crippen LogP contribution in [0.2, 0.25) is 5.02 Å². The summed E-state index contributed by atoms with van der Waals surface area (Å²) in [6.45, 7) is -0.823. The molecule has 8 heteroatoms. The molecule has 1 aromatic heterocycles. The minimum atomic E-state index is -0.727. The summed E-state index contributed by atoms with van der Waals surface area (Å²) in [4.78, 5) is 35.5. The molecule has 0 atom stereocenters. The Hall–Kier alpha value is -3.06. The number of carbonyl (C=O) groups is 2. The van der Waals surface area contributed by atoms with Gasteiger partial charge in [0.1, 0.15) is 6.54 Å². The molecule has 3 aromatic rings. The quantitative estimate of drug-likeness (QED) is 0.706. The van der Waals surface area contributed by atoms with Crippen LogP contribution in [0, 0.1) is 0 Å². The molecule has 0 aliphatic rings. The average molecular weight is 361 g/mol. The van der Waals surface area contributed by atoms with Gasteiger partial charge >= 0.3 is 11.7 Å². The molecule has 0 spiro atoms. The first kappa shape index (κ1) is 16.8. The van der Waals surface area contributed by atoms with Crippen LogP contribution in [0.5, 0.6) is 0 Å². The monoisotopic (exact) mass is 360 g/mol. The first-order valence-electron chi connectivity index (χ1n) is 7.32. The van der Waals surface area contributed by atoms with Crippen molar-refractivity contribution in [1.29, 1.82) is 0 Å². The number of halogens is 1. The van der Waals surface area contributed by atoms with Gasteiger partial charge in [0.15, 0.2) is 12.2 Å². The molecule has 0 unspecified atom stereocenters. The van der Waals surface area contributed by atoms with Crippen LogP contribution in [-0.4, -0.2) is 23.1 Å². The minimum Gasteiger partial charge on any atom is -0.454 e. The Morgan fingerprint density at radius 2 is 1.96 bits per heavy atom. The van der Waals surface area contributed by atoms with Crippen molar-refractivity contribution in [2.75, 3.05) is 11.9 Å². The van der Waals surface area contributed by atoms with E-state index in [-0.39, 0.29) is 6.54 Å². The number of hydrogen-bond donors (Lipinski definition) is 1. The van der Waals surface area contributed by atoms with Crippen LogP contribution in [-0.2, 0) is 20.9 Å². The van der Waals surface area contributed by atoms with Gasteiger partial charge in [0.25, 0.3) is 5.91 Å². The molecule has 0 saturated carbocycles. The molecule has 25 heavy (non-hydrogen) atoms. The summed E-state index contributed by atoms with van der Waals surface area (Å²) in [5.74, 6) is -1.91. The van der Waals surface area contributed by atoms with Crippen molar-refractivity contribution >= 4 is 40.3 Å². The molecule has 0 bridgehead atoms. The first-order chi connectivity index (χ1) is 12.0. The fourth-order valence-corrected chi connectivity index (χ4v) is 2.44.